The predicted molar refractivity (Wildman–Crippen MR) is 162 cm³/mol. The lowest BCUT2D eigenvalue weighted by atomic mass is 9.78. The van der Waals surface area contributed by atoms with Crippen molar-refractivity contribution in [3.63, 3.8) is 0 Å². The smallest absolute Gasteiger partial charge is 0.358 e. The van der Waals surface area contributed by atoms with Crippen LogP contribution in [0.3, 0.4) is 0 Å². The van der Waals surface area contributed by atoms with Crippen molar-refractivity contribution >= 4 is 22.6 Å². The molecule has 1 aliphatic rings. The zero-order valence-electron chi connectivity index (χ0n) is 24.5. The van der Waals surface area contributed by atoms with Crippen LogP contribution in [0.2, 0.25) is 0 Å². The van der Waals surface area contributed by atoms with E-state index in [0.29, 0.717) is 12.3 Å². The highest BCUT2D eigenvalue weighted by molar-refractivity contribution is 5.97. The maximum absolute atomic E-state index is 13.5. The first-order valence-corrected chi connectivity index (χ1v) is 14.8. The van der Waals surface area contributed by atoms with E-state index in [1.807, 2.05) is 12.1 Å². The SMILES string of the molecule is CCCCCCOc1cc(N(CC)CC)ccc1C1(c2c(C)n(CC)c3ccccc23)OC(=O)c2ncccc21. The average Bonchev–Trinajstić information content (AvgIpc) is 3.44. The number of cyclic esters (lactones) is 1. The van der Waals surface area contributed by atoms with Crippen molar-refractivity contribution in [2.24, 2.45) is 0 Å². The second-order valence-electron chi connectivity index (χ2n) is 10.5. The molecule has 0 radical (unpaired) electrons. The lowest BCUT2D eigenvalue weighted by Crippen LogP contribution is -2.31. The number of hydrogen-bond acceptors (Lipinski definition) is 5. The zero-order chi connectivity index (χ0) is 28.3. The summed E-state index contributed by atoms with van der Waals surface area (Å²) in [6.07, 6.45) is 6.12. The maximum atomic E-state index is 13.5. The molecule has 210 valence electrons. The van der Waals surface area contributed by atoms with Crippen LogP contribution in [-0.2, 0) is 16.9 Å². The third-order valence-corrected chi connectivity index (χ3v) is 8.25. The van der Waals surface area contributed by atoms with Crippen molar-refractivity contribution in [3.8, 4) is 5.75 Å². The Morgan fingerprint density at radius 1 is 0.950 bits per heavy atom. The van der Waals surface area contributed by atoms with E-state index in [9.17, 15) is 4.79 Å². The first-order chi connectivity index (χ1) is 19.5. The lowest BCUT2D eigenvalue weighted by molar-refractivity contribution is 0.0243. The Balaban J connectivity index is 1.80. The Bertz CT molecular complexity index is 1500. The number of nitrogens with zero attached hydrogens (tertiary/aromatic N) is 3. The first-order valence-electron chi connectivity index (χ1n) is 14.8. The molecule has 0 fully saturated rings. The monoisotopic (exact) mass is 539 g/mol. The largest absolute Gasteiger partial charge is 0.493 e. The minimum atomic E-state index is -1.19. The number of para-hydroxylation sites is 1. The molecule has 1 unspecified atom stereocenters. The number of rotatable bonds is 12. The van der Waals surface area contributed by atoms with Gasteiger partial charge >= 0.3 is 5.97 Å². The van der Waals surface area contributed by atoms with Gasteiger partial charge in [-0.15, -0.1) is 0 Å². The van der Waals surface area contributed by atoms with Gasteiger partial charge in [-0.3, -0.25) is 0 Å². The van der Waals surface area contributed by atoms with Gasteiger partial charge in [0.05, 0.1) is 6.61 Å². The van der Waals surface area contributed by atoms with Gasteiger partial charge in [0, 0.05) is 70.9 Å². The van der Waals surface area contributed by atoms with E-state index >= 15 is 0 Å². The van der Waals surface area contributed by atoms with Gasteiger partial charge in [0.2, 0.25) is 0 Å². The first kappa shape index (κ1) is 27.8. The second kappa shape index (κ2) is 11.7. The van der Waals surface area contributed by atoms with Gasteiger partial charge in [-0.2, -0.15) is 0 Å². The van der Waals surface area contributed by atoms with Crippen molar-refractivity contribution in [1.82, 2.24) is 9.55 Å². The third kappa shape index (κ3) is 4.53. The van der Waals surface area contributed by atoms with E-state index in [0.717, 1.165) is 77.2 Å². The summed E-state index contributed by atoms with van der Waals surface area (Å²) in [6, 6.07) is 18.6. The number of unbranched alkanes of at least 4 members (excludes halogenated alkanes) is 3. The Kier molecular flexibility index (Phi) is 8.15. The molecular formula is C34H41N3O3. The fourth-order valence-electron chi connectivity index (χ4n) is 6.32. The number of aryl methyl sites for hydroxylation is 1. The number of carbonyl (C=O) groups excluding carboxylic acids is 1. The number of esters is 1. The second-order valence-corrected chi connectivity index (χ2v) is 10.5. The standard InChI is InChI=1S/C34H41N3O3/c1-6-10-11-14-22-39-30-23-25(36(7-2)8-3)19-20-27(30)34(28-17-15-21-35-32(28)33(38)40-34)31-24(5)37(9-4)29-18-13-12-16-26(29)31/h12-13,15-21,23H,6-11,14,22H2,1-5H3. The summed E-state index contributed by atoms with van der Waals surface area (Å²) < 4.78 is 15.5. The number of pyridine rings is 1. The van der Waals surface area contributed by atoms with E-state index in [2.05, 4.69) is 91.5 Å². The van der Waals surface area contributed by atoms with Gasteiger partial charge in [-0.05, 0) is 58.4 Å². The Hall–Kier alpha value is -3.80. The summed E-state index contributed by atoms with van der Waals surface area (Å²) in [4.78, 5) is 20.3. The van der Waals surface area contributed by atoms with Crippen LogP contribution >= 0.6 is 0 Å². The molecule has 6 nitrogen and oxygen atoms in total. The third-order valence-electron chi connectivity index (χ3n) is 8.25. The van der Waals surface area contributed by atoms with Gasteiger partial charge in [-0.1, -0.05) is 50.5 Å². The Morgan fingerprint density at radius 3 is 2.50 bits per heavy atom. The van der Waals surface area contributed by atoms with Crippen LogP contribution in [-0.4, -0.2) is 35.2 Å². The molecule has 1 aliphatic heterocycles. The fourth-order valence-corrected chi connectivity index (χ4v) is 6.32. The molecule has 0 N–H and O–H groups in total. The number of anilines is 1. The van der Waals surface area contributed by atoms with E-state index in [-0.39, 0.29) is 0 Å². The van der Waals surface area contributed by atoms with Crippen molar-refractivity contribution < 1.29 is 14.3 Å². The minimum absolute atomic E-state index is 0.358. The van der Waals surface area contributed by atoms with Crippen LogP contribution in [0.25, 0.3) is 10.9 Å². The van der Waals surface area contributed by atoms with Crippen molar-refractivity contribution in [1.29, 1.82) is 0 Å². The average molecular weight is 540 g/mol. The van der Waals surface area contributed by atoms with Crippen LogP contribution in [0.5, 0.6) is 5.75 Å². The molecule has 0 spiro atoms. The fraction of sp³-hybridized carbons (Fsp3) is 0.412. The molecule has 2 aromatic carbocycles. The van der Waals surface area contributed by atoms with E-state index < -0.39 is 11.6 Å². The number of carbonyl (C=O) groups is 1. The molecule has 3 heterocycles. The van der Waals surface area contributed by atoms with Crippen LogP contribution in [0.4, 0.5) is 5.69 Å². The molecule has 5 rings (SSSR count). The molecule has 6 heteroatoms. The summed E-state index contributed by atoms with van der Waals surface area (Å²) in [5, 5.41) is 1.06. The number of aromatic nitrogens is 2. The van der Waals surface area contributed by atoms with Crippen molar-refractivity contribution in [2.45, 2.75) is 72.4 Å². The van der Waals surface area contributed by atoms with Gasteiger partial charge in [-0.25, -0.2) is 9.78 Å². The number of benzene rings is 2. The molecule has 2 aromatic heterocycles. The minimum Gasteiger partial charge on any atom is -0.493 e. The number of ether oxygens (including phenoxy) is 2. The van der Waals surface area contributed by atoms with Crippen LogP contribution in [0.15, 0.2) is 60.8 Å². The normalized spacial score (nSPS) is 16.3. The lowest BCUT2D eigenvalue weighted by Gasteiger charge is -2.33. The van der Waals surface area contributed by atoms with Crippen LogP contribution in [0.1, 0.15) is 86.3 Å². The molecule has 0 aliphatic carbocycles. The Morgan fingerprint density at radius 2 is 1.75 bits per heavy atom. The quantitative estimate of drug-likeness (QED) is 0.137. The summed E-state index contributed by atoms with van der Waals surface area (Å²) in [6.45, 7) is 14.0. The number of fused-ring (bicyclic) bond motifs is 2. The summed E-state index contributed by atoms with van der Waals surface area (Å²) >= 11 is 0. The Labute approximate surface area is 237 Å². The molecule has 0 saturated heterocycles. The van der Waals surface area contributed by atoms with E-state index in [1.54, 1.807) is 6.20 Å². The zero-order valence-corrected chi connectivity index (χ0v) is 24.5. The summed E-state index contributed by atoms with van der Waals surface area (Å²) in [5.74, 6) is 0.336. The van der Waals surface area contributed by atoms with Crippen molar-refractivity contribution in [3.05, 3.63) is 88.9 Å². The summed E-state index contributed by atoms with van der Waals surface area (Å²) in [5.41, 5.74) is 5.01. The molecule has 1 atom stereocenters. The maximum Gasteiger partial charge on any atom is 0.358 e. The van der Waals surface area contributed by atoms with E-state index in [4.69, 9.17) is 9.47 Å². The highest BCUT2D eigenvalue weighted by Gasteiger charge is 2.53. The van der Waals surface area contributed by atoms with Crippen LogP contribution in [0, 0.1) is 6.92 Å². The highest BCUT2D eigenvalue weighted by atomic mass is 16.6. The molecule has 0 saturated carbocycles. The molecule has 40 heavy (non-hydrogen) atoms. The summed E-state index contributed by atoms with van der Waals surface area (Å²) in [7, 11) is 0. The molecular weight excluding hydrogens is 498 g/mol. The van der Waals surface area contributed by atoms with Crippen molar-refractivity contribution in [2.75, 3.05) is 24.6 Å². The highest BCUT2D eigenvalue weighted by Crippen LogP contribution is 2.53. The predicted octanol–water partition coefficient (Wildman–Crippen LogP) is 7.63. The van der Waals surface area contributed by atoms with Gasteiger partial charge in [0.1, 0.15) is 5.75 Å². The molecule has 4 aromatic rings. The van der Waals surface area contributed by atoms with Crippen LogP contribution < -0.4 is 9.64 Å². The van der Waals surface area contributed by atoms with E-state index in [1.165, 1.54) is 12.8 Å². The molecule has 0 bridgehead atoms. The topological polar surface area (TPSA) is 56.6 Å². The van der Waals surface area contributed by atoms with Gasteiger partial charge in [0.15, 0.2) is 11.3 Å². The number of hydrogen-bond donors (Lipinski definition) is 0. The van der Waals surface area contributed by atoms with Gasteiger partial charge < -0.3 is 18.9 Å². The molecule has 0 amide bonds. The van der Waals surface area contributed by atoms with Gasteiger partial charge in [0.25, 0.3) is 0 Å².